The molecule has 2 N–H and O–H groups in total. The topological polar surface area (TPSA) is 76.0 Å². The average Bonchev–Trinajstić information content (AvgIpc) is 2.26. The van der Waals surface area contributed by atoms with Gasteiger partial charge in [0.1, 0.15) is 5.75 Å². The van der Waals surface area contributed by atoms with Gasteiger partial charge in [0.05, 0.1) is 6.61 Å². The highest BCUT2D eigenvalue weighted by molar-refractivity contribution is 5.74. The quantitative estimate of drug-likeness (QED) is 0.815. The van der Waals surface area contributed by atoms with Crippen LogP contribution in [0.25, 0.3) is 0 Å². The molecule has 17 heavy (non-hydrogen) atoms. The van der Waals surface area contributed by atoms with E-state index in [1.54, 1.807) is 32.0 Å². The Labute approximate surface area is 98.6 Å². The van der Waals surface area contributed by atoms with Gasteiger partial charge in [-0.1, -0.05) is 6.07 Å². The minimum Gasteiger partial charge on any atom is -0.479 e. The van der Waals surface area contributed by atoms with Gasteiger partial charge < -0.3 is 19.7 Å². The lowest BCUT2D eigenvalue weighted by molar-refractivity contribution is -0.180. The molecule has 0 aliphatic carbocycles. The van der Waals surface area contributed by atoms with E-state index >= 15 is 0 Å². The van der Waals surface area contributed by atoms with E-state index in [1.807, 2.05) is 0 Å². The smallest absolute Gasteiger partial charge is 0.337 e. The fourth-order valence-corrected chi connectivity index (χ4v) is 1.67. The first-order valence-electron chi connectivity index (χ1n) is 5.26. The van der Waals surface area contributed by atoms with Crippen molar-refractivity contribution in [1.82, 2.24) is 0 Å². The molecule has 0 spiro atoms. The highest BCUT2D eigenvalue weighted by Crippen LogP contribution is 2.32. The lowest BCUT2D eigenvalue weighted by atomic mass is 10.0. The van der Waals surface area contributed by atoms with Crippen molar-refractivity contribution in [2.24, 2.45) is 0 Å². The predicted molar refractivity (Wildman–Crippen MR) is 58.5 cm³/mol. The summed E-state index contributed by atoms with van der Waals surface area (Å²) in [5.74, 6) is -1.30. The molecule has 0 aromatic heterocycles. The lowest BCUT2D eigenvalue weighted by Gasteiger charge is -2.32. The Balaban J connectivity index is 2.30. The first-order valence-corrected chi connectivity index (χ1v) is 5.26. The maximum atomic E-state index is 10.7. The highest BCUT2D eigenvalue weighted by atomic mass is 16.7. The number of fused-ring (bicyclic) bond motifs is 1. The first kappa shape index (κ1) is 11.9. The predicted octanol–water partition coefficient (Wildman–Crippen LogP) is 1.45. The van der Waals surface area contributed by atoms with Crippen molar-refractivity contribution in [3.8, 4) is 5.75 Å². The summed E-state index contributed by atoms with van der Waals surface area (Å²) in [7, 11) is 0. The molecule has 92 valence electrons. The molecule has 1 heterocycles. The summed E-state index contributed by atoms with van der Waals surface area (Å²) in [6, 6.07) is 4.78. The number of aliphatic carboxylic acids is 1. The Bertz CT molecular complexity index is 452. The minimum absolute atomic E-state index is 0.322. The molecule has 5 heteroatoms. The van der Waals surface area contributed by atoms with Crippen molar-refractivity contribution in [3.63, 3.8) is 0 Å². The maximum absolute atomic E-state index is 10.7. The number of carbonyl (C=O) groups is 1. The molecule has 0 bridgehead atoms. The van der Waals surface area contributed by atoms with Gasteiger partial charge in [-0.3, -0.25) is 0 Å². The van der Waals surface area contributed by atoms with Gasteiger partial charge in [0, 0.05) is 19.4 Å². The van der Waals surface area contributed by atoms with E-state index in [2.05, 4.69) is 0 Å². The summed E-state index contributed by atoms with van der Waals surface area (Å²) in [4.78, 5) is 10.7. The molecular weight excluding hydrogens is 224 g/mol. The molecule has 0 amide bonds. The van der Waals surface area contributed by atoms with Gasteiger partial charge in [-0.05, 0) is 17.7 Å². The Morgan fingerprint density at radius 3 is 2.82 bits per heavy atom. The highest BCUT2D eigenvalue weighted by Gasteiger charge is 2.28. The van der Waals surface area contributed by atoms with Crippen LogP contribution in [0.1, 0.15) is 31.1 Å². The molecule has 0 radical (unpaired) electrons. The van der Waals surface area contributed by atoms with Gasteiger partial charge in [-0.2, -0.15) is 0 Å². The molecule has 1 aliphatic rings. The number of benzene rings is 1. The van der Waals surface area contributed by atoms with Crippen molar-refractivity contribution in [3.05, 3.63) is 29.3 Å². The summed E-state index contributed by atoms with van der Waals surface area (Å²) in [5, 5.41) is 18.1. The van der Waals surface area contributed by atoms with Crippen LogP contribution in [0.4, 0.5) is 0 Å². The van der Waals surface area contributed by atoms with Crippen LogP contribution in [0.15, 0.2) is 18.2 Å². The zero-order valence-corrected chi connectivity index (χ0v) is 9.64. The van der Waals surface area contributed by atoms with Crippen LogP contribution in [-0.4, -0.2) is 22.0 Å². The fourth-order valence-electron chi connectivity index (χ4n) is 1.67. The van der Waals surface area contributed by atoms with Crippen LogP contribution in [-0.2, 0) is 16.1 Å². The molecule has 1 aromatic rings. The Morgan fingerprint density at radius 2 is 2.18 bits per heavy atom. The third-order valence-corrected chi connectivity index (χ3v) is 2.57. The van der Waals surface area contributed by atoms with Crippen LogP contribution < -0.4 is 4.74 Å². The SMILES string of the molecule is CC1(C)OCc2cc([C@H](O)C(=O)O)ccc2O1. The molecule has 0 saturated carbocycles. The molecule has 0 unspecified atom stereocenters. The minimum atomic E-state index is -1.52. The second-order valence-electron chi connectivity index (χ2n) is 4.40. The summed E-state index contributed by atoms with van der Waals surface area (Å²) in [6.07, 6.45) is -1.52. The van der Waals surface area contributed by atoms with Gasteiger partial charge >= 0.3 is 5.97 Å². The van der Waals surface area contributed by atoms with Gasteiger partial charge in [-0.15, -0.1) is 0 Å². The Hall–Kier alpha value is -1.59. The third-order valence-electron chi connectivity index (χ3n) is 2.57. The van der Waals surface area contributed by atoms with Crippen molar-refractivity contribution < 1.29 is 24.5 Å². The first-order chi connectivity index (χ1) is 7.89. The van der Waals surface area contributed by atoms with Crippen molar-refractivity contribution >= 4 is 5.97 Å². The fraction of sp³-hybridized carbons (Fsp3) is 0.417. The summed E-state index contributed by atoms with van der Waals surface area (Å²) in [6.45, 7) is 3.94. The normalized spacial score (nSPS) is 19.0. The second kappa shape index (κ2) is 4.01. The van der Waals surface area contributed by atoms with Crippen LogP contribution >= 0.6 is 0 Å². The molecule has 1 aliphatic heterocycles. The van der Waals surface area contributed by atoms with E-state index in [0.717, 1.165) is 5.56 Å². The number of rotatable bonds is 2. The molecule has 5 nitrogen and oxygen atoms in total. The number of aliphatic hydroxyl groups is 1. The van der Waals surface area contributed by atoms with E-state index in [0.29, 0.717) is 17.9 Å². The molecule has 0 saturated heterocycles. The number of aliphatic hydroxyl groups excluding tert-OH is 1. The van der Waals surface area contributed by atoms with E-state index in [9.17, 15) is 9.90 Å². The summed E-state index contributed by atoms with van der Waals surface area (Å²) < 4.78 is 11.0. The third kappa shape index (κ3) is 2.40. The zero-order valence-electron chi connectivity index (χ0n) is 9.64. The monoisotopic (exact) mass is 238 g/mol. The lowest BCUT2D eigenvalue weighted by Crippen LogP contribution is -2.35. The zero-order chi connectivity index (χ0) is 12.6. The van der Waals surface area contributed by atoms with Gasteiger partial charge in [0.15, 0.2) is 6.10 Å². The van der Waals surface area contributed by atoms with Gasteiger partial charge in [0.25, 0.3) is 0 Å². The van der Waals surface area contributed by atoms with Gasteiger partial charge in [0.2, 0.25) is 5.79 Å². The van der Waals surface area contributed by atoms with Crippen molar-refractivity contribution in [2.75, 3.05) is 0 Å². The van der Waals surface area contributed by atoms with E-state index in [1.165, 1.54) is 0 Å². The van der Waals surface area contributed by atoms with Crippen molar-refractivity contribution in [2.45, 2.75) is 32.3 Å². The summed E-state index contributed by atoms with van der Waals surface area (Å²) >= 11 is 0. The van der Waals surface area contributed by atoms with E-state index in [-0.39, 0.29) is 0 Å². The van der Waals surface area contributed by atoms with Crippen LogP contribution in [0.3, 0.4) is 0 Å². The second-order valence-corrected chi connectivity index (χ2v) is 4.40. The van der Waals surface area contributed by atoms with E-state index < -0.39 is 17.9 Å². The number of hydrogen-bond donors (Lipinski definition) is 2. The number of carboxylic acids is 1. The van der Waals surface area contributed by atoms with Crippen LogP contribution in [0, 0.1) is 0 Å². The number of carboxylic acid groups (broad SMARTS) is 1. The molecule has 1 atom stereocenters. The van der Waals surface area contributed by atoms with Crippen LogP contribution in [0.5, 0.6) is 5.75 Å². The number of ether oxygens (including phenoxy) is 2. The summed E-state index contributed by atoms with van der Waals surface area (Å²) in [5.41, 5.74) is 1.06. The molecular formula is C12H14O5. The average molecular weight is 238 g/mol. The van der Waals surface area contributed by atoms with Gasteiger partial charge in [-0.25, -0.2) is 4.79 Å². The molecule has 1 aromatic carbocycles. The Kier molecular flexibility index (Phi) is 2.81. The standard InChI is InChI=1S/C12H14O5/c1-12(2)16-6-8-5-7(10(13)11(14)15)3-4-9(8)17-12/h3-5,10,13H,6H2,1-2H3,(H,14,15)/t10-/m0/s1. The van der Waals surface area contributed by atoms with Crippen LogP contribution in [0.2, 0.25) is 0 Å². The molecule has 0 fully saturated rings. The largest absolute Gasteiger partial charge is 0.479 e. The Morgan fingerprint density at radius 1 is 1.47 bits per heavy atom. The van der Waals surface area contributed by atoms with E-state index in [4.69, 9.17) is 14.6 Å². The number of hydrogen-bond acceptors (Lipinski definition) is 4. The maximum Gasteiger partial charge on any atom is 0.337 e. The molecule has 2 rings (SSSR count). The van der Waals surface area contributed by atoms with Crippen molar-refractivity contribution in [1.29, 1.82) is 0 Å².